The van der Waals surface area contributed by atoms with E-state index in [0.717, 1.165) is 12.8 Å². The molecule has 1 aromatic heterocycles. The van der Waals surface area contributed by atoms with Gasteiger partial charge < -0.3 is 5.32 Å². The van der Waals surface area contributed by atoms with Crippen molar-refractivity contribution in [3.8, 4) is 0 Å². The molecule has 0 aliphatic carbocycles. The van der Waals surface area contributed by atoms with E-state index in [1.165, 1.54) is 15.3 Å². The van der Waals surface area contributed by atoms with E-state index in [4.69, 9.17) is 0 Å². The third-order valence-corrected chi connectivity index (χ3v) is 3.80. The van der Waals surface area contributed by atoms with Gasteiger partial charge in [-0.15, -0.1) is 17.9 Å². The van der Waals surface area contributed by atoms with Crippen LogP contribution in [0.1, 0.15) is 34.2 Å². The highest BCUT2D eigenvalue weighted by Crippen LogP contribution is 2.28. The maximum atomic E-state index is 3.76. The highest BCUT2D eigenvalue weighted by atomic mass is 32.1. The number of allylic oxidation sites excluding steroid dienone is 1. The second-order valence-corrected chi connectivity index (χ2v) is 4.88. The van der Waals surface area contributed by atoms with Gasteiger partial charge in [-0.05, 0) is 45.4 Å². The normalized spacial score (nSPS) is 12.8. The summed E-state index contributed by atoms with van der Waals surface area (Å²) >= 11 is 1.90. The van der Waals surface area contributed by atoms with Crippen LogP contribution in [0.15, 0.2) is 18.7 Å². The molecule has 14 heavy (non-hydrogen) atoms. The van der Waals surface area contributed by atoms with Crippen LogP contribution in [0.3, 0.4) is 0 Å². The second-order valence-electron chi connectivity index (χ2n) is 3.60. The molecule has 0 saturated heterocycles. The zero-order chi connectivity index (χ0) is 10.6. The Kier molecular flexibility index (Phi) is 4.36. The Labute approximate surface area is 90.9 Å². The Morgan fingerprint density at radius 3 is 2.71 bits per heavy atom. The molecular weight excluding hydrogens is 190 g/mol. The van der Waals surface area contributed by atoms with Crippen molar-refractivity contribution in [3.63, 3.8) is 0 Å². The van der Waals surface area contributed by atoms with Gasteiger partial charge in [-0.2, -0.15) is 0 Å². The molecule has 1 rings (SSSR count). The lowest BCUT2D eigenvalue weighted by molar-refractivity contribution is 0.563. The third kappa shape index (κ3) is 2.69. The number of hydrogen-bond donors (Lipinski definition) is 1. The summed E-state index contributed by atoms with van der Waals surface area (Å²) in [5, 5.41) is 3.36. The molecule has 0 spiro atoms. The first kappa shape index (κ1) is 11.5. The number of rotatable bonds is 5. The van der Waals surface area contributed by atoms with Gasteiger partial charge in [0.25, 0.3) is 0 Å². The molecule has 2 heteroatoms. The van der Waals surface area contributed by atoms with Gasteiger partial charge in [0.2, 0.25) is 0 Å². The van der Waals surface area contributed by atoms with Gasteiger partial charge in [0.1, 0.15) is 0 Å². The maximum absolute atomic E-state index is 3.76. The lowest BCUT2D eigenvalue weighted by atomic mass is 10.1. The first-order valence-electron chi connectivity index (χ1n) is 5.04. The molecule has 1 nitrogen and oxygen atoms in total. The van der Waals surface area contributed by atoms with Crippen molar-refractivity contribution in [1.29, 1.82) is 0 Å². The smallest absolute Gasteiger partial charge is 0.0415 e. The van der Waals surface area contributed by atoms with Crippen LogP contribution in [0.4, 0.5) is 0 Å². The predicted molar refractivity (Wildman–Crippen MR) is 65.0 cm³/mol. The zero-order valence-electron chi connectivity index (χ0n) is 9.26. The summed E-state index contributed by atoms with van der Waals surface area (Å²) in [4.78, 5) is 2.88. The minimum absolute atomic E-state index is 0.491. The molecule has 1 N–H and O–H groups in total. The van der Waals surface area contributed by atoms with Crippen LogP contribution in [0.5, 0.6) is 0 Å². The Morgan fingerprint density at radius 1 is 1.57 bits per heavy atom. The monoisotopic (exact) mass is 209 g/mol. The molecule has 0 aliphatic rings. The summed E-state index contributed by atoms with van der Waals surface area (Å²) in [6.07, 6.45) is 4.19. The minimum atomic E-state index is 0.491. The van der Waals surface area contributed by atoms with Crippen molar-refractivity contribution >= 4 is 11.3 Å². The highest BCUT2D eigenvalue weighted by Gasteiger charge is 2.11. The van der Waals surface area contributed by atoms with Crippen LogP contribution >= 0.6 is 11.3 Å². The minimum Gasteiger partial charge on any atom is -0.312 e. The Balaban J connectivity index is 2.73. The molecule has 0 saturated carbocycles. The zero-order valence-corrected chi connectivity index (χ0v) is 10.1. The number of aryl methyl sites for hydroxylation is 2. The van der Waals surface area contributed by atoms with E-state index in [-0.39, 0.29) is 0 Å². The molecule has 1 aromatic rings. The van der Waals surface area contributed by atoms with Crippen molar-refractivity contribution in [1.82, 2.24) is 5.32 Å². The van der Waals surface area contributed by atoms with Gasteiger partial charge in [-0.25, -0.2) is 0 Å². The lowest BCUT2D eigenvalue weighted by Gasteiger charge is -2.12. The SMILES string of the molecule is C=CCCC(NC)c1cc(C)c(C)s1. The van der Waals surface area contributed by atoms with Crippen LogP contribution < -0.4 is 5.32 Å². The van der Waals surface area contributed by atoms with Crippen LogP contribution in [0.2, 0.25) is 0 Å². The fraction of sp³-hybridized carbons (Fsp3) is 0.500. The average Bonchev–Trinajstić information content (AvgIpc) is 2.48. The van der Waals surface area contributed by atoms with E-state index in [1.54, 1.807) is 0 Å². The van der Waals surface area contributed by atoms with Crippen molar-refractivity contribution < 1.29 is 0 Å². The molecule has 0 bridgehead atoms. The van der Waals surface area contributed by atoms with Gasteiger partial charge in [0, 0.05) is 15.8 Å². The molecule has 1 atom stereocenters. The molecular formula is C12H19NS. The molecule has 78 valence electrons. The van der Waals surface area contributed by atoms with Crippen molar-refractivity contribution in [2.24, 2.45) is 0 Å². The van der Waals surface area contributed by atoms with Crippen molar-refractivity contribution in [2.45, 2.75) is 32.7 Å². The highest BCUT2D eigenvalue weighted by molar-refractivity contribution is 7.12. The van der Waals surface area contributed by atoms with Crippen molar-refractivity contribution in [3.05, 3.63) is 34.0 Å². The maximum Gasteiger partial charge on any atom is 0.0415 e. The summed E-state index contributed by atoms with van der Waals surface area (Å²) in [6.45, 7) is 8.12. The van der Waals surface area contributed by atoms with E-state index < -0.39 is 0 Å². The standard InChI is InChI=1S/C12H19NS/c1-5-6-7-11(13-4)12-8-9(2)10(3)14-12/h5,8,11,13H,1,6-7H2,2-4H3. The number of thiophene rings is 1. The van der Waals surface area contributed by atoms with Crippen LogP contribution in [-0.2, 0) is 0 Å². The molecule has 0 amide bonds. The fourth-order valence-electron chi connectivity index (χ4n) is 1.49. The molecule has 1 unspecified atom stereocenters. The van der Waals surface area contributed by atoms with Gasteiger partial charge >= 0.3 is 0 Å². The van der Waals surface area contributed by atoms with Gasteiger partial charge in [0.15, 0.2) is 0 Å². The average molecular weight is 209 g/mol. The lowest BCUT2D eigenvalue weighted by Crippen LogP contribution is -2.14. The summed E-state index contributed by atoms with van der Waals surface area (Å²) in [7, 11) is 2.03. The van der Waals surface area contributed by atoms with Crippen LogP contribution in [-0.4, -0.2) is 7.05 Å². The third-order valence-electron chi connectivity index (χ3n) is 2.54. The van der Waals surface area contributed by atoms with Crippen molar-refractivity contribution in [2.75, 3.05) is 7.05 Å². The number of hydrogen-bond acceptors (Lipinski definition) is 2. The van der Waals surface area contributed by atoms with E-state index in [1.807, 2.05) is 24.5 Å². The Morgan fingerprint density at radius 2 is 2.29 bits per heavy atom. The summed E-state index contributed by atoms with van der Waals surface area (Å²) in [5.74, 6) is 0. The Bertz CT molecular complexity index is 282. The first-order valence-corrected chi connectivity index (χ1v) is 5.85. The molecule has 0 aliphatic heterocycles. The van der Waals surface area contributed by atoms with E-state index >= 15 is 0 Å². The van der Waals surface area contributed by atoms with Crippen LogP contribution in [0.25, 0.3) is 0 Å². The quantitative estimate of drug-likeness (QED) is 0.731. The van der Waals surface area contributed by atoms with Gasteiger partial charge in [0.05, 0.1) is 0 Å². The molecule has 0 fully saturated rings. The summed E-state index contributed by atoms with van der Waals surface area (Å²) in [6, 6.07) is 2.79. The van der Waals surface area contributed by atoms with Gasteiger partial charge in [-0.3, -0.25) is 0 Å². The second kappa shape index (κ2) is 5.32. The van der Waals surface area contributed by atoms with Gasteiger partial charge in [-0.1, -0.05) is 6.08 Å². The van der Waals surface area contributed by atoms with E-state index in [0.29, 0.717) is 6.04 Å². The fourth-order valence-corrected chi connectivity index (χ4v) is 2.67. The van der Waals surface area contributed by atoms with E-state index in [2.05, 4.69) is 31.8 Å². The van der Waals surface area contributed by atoms with Crippen LogP contribution in [0, 0.1) is 13.8 Å². The predicted octanol–water partition coefficient (Wildman–Crippen LogP) is 3.59. The summed E-state index contributed by atoms with van der Waals surface area (Å²) in [5.41, 5.74) is 1.41. The first-order chi connectivity index (χ1) is 6.69. The number of nitrogens with one attached hydrogen (secondary N) is 1. The topological polar surface area (TPSA) is 12.0 Å². The van der Waals surface area contributed by atoms with E-state index in [9.17, 15) is 0 Å². The molecule has 0 aromatic carbocycles. The largest absolute Gasteiger partial charge is 0.312 e. The summed E-state index contributed by atoms with van der Waals surface area (Å²) < 4.78 is 0. The molecule has 1 heterocycles. The molecule has 0 radical (unpaired) electrons. The Hall–Kier alpha value is -0.600.